The molecule has 1 aromatic heterocycles. The molecule has 3 aromatic rings. The van der Waals surface area contributed by atoms with Gasteiger partial charge in [-0.15, -0.1) is 11.8 Å². The van der Waals surface area contributed by atoms with Crippen LogP contribution in [0, 0.1) is 0 Å². The molecule has 2 aromatic carbocycles. The Balaban J connectivity index is 0.000000162. The largest absolute Gasteiger partial charge is 0.493 e. The first-order valence-corrected chi connectivity index (χ1v) is 10.1. The molecular weight excluding hydrogens is 372 g/mol. The summed E-state index contributed by atoms with van der Waals surface area (Å²) in [5, 5.41) is 1.59. The molecule has 0 bridgehead atoms. The van der Waals surface area contributed by atoms with Crippen LogP contribution in [0.5, 0.6) is 11.5 Å². The number of anilines is 2. The quantitative estimate of drug-likeness (QED) is 0.623. The fourth-order valence-electron chi connectivity index (χ4n) is 3.19. The molecule has 4 N–H and O–H groups in total. The minimum absolute atomic E-state index is 0.431. The van der Waals surface area contributed by atoms with Crippen molar-refractivity contribution in [2.24, 2.45) is 0 Å². The Kier molecular flexibility index (Phi) is 6.81. The van der Waals surface area contributed by atoms with Crippen molar-refractivity contribution >= 4 is 34.2 Å². The number of nitrogens with two attached hydrogens (primary N) is 2. The van der Waals surface area contributed by atoms with E-state index in [4.69, 9.17) is 20.9 Å². The van der Waals surface area contributed by atoms with Crippen LogP contribution in [0.1, 0.15) is 25.7 Å². The topological polar surface area (TPSA) is 96.3 Å². The first-order chi connectivity index (χ1) is 13.6. The summed E-state index contributed by atoms with van der Waals surface area (Å²) in [5.74, 6) is 1.68. The van der Waals surface area contributed by atoms with Gasteiger partial charge in [-0.2, -0.15) is 0 Å². The summed E-state index contributed by atoms with van der Waals surface area (Å²) in [7, 11) is 3.15. The van der Waals surface area contributed by atoms with Gasteiger partial charge in [0.25, 0.3) is 0 Å². The van der Waals surface area contributed by atoms with Crippen molar-refractivity contribution in [3.63, 3.8) is 0 Å². The Hall–Kier alpha value is -2.67. The van der Waals surface area contributed by atoms with Crippen LogP contribution >= 0.6 is 11.8 Å². The molecule has 0 unspecified atom stereocenters. The smallest absolute Gasteiger partial charge is 0.162 e. The number of ether oxygens (including phenoxy) is 2. The Bertz CT molecular complexity index is 929. The van der Waals surface area contributed by atoms with Gasteiger partial charge in [-0.05, 0) is 37.1 Å². The lowest BCUT2D eigenvalue weighted by atomic mass is 10.2. The van der Waals surface area contributed by atoms with Crippen LogP contribution in [0.3, 0.4) is 0 Å². The number of nitrogen functional groups attached to an aromatic ring is 2. The van der Waals surface area contributed by atoms with Gasteiger partial charge in [0.2, 0.25) is 0 Å². The third-order valence-electron chi connectivity index (χ3n) is 4.63. The molecule has 1 heterocycles. The maximum absolute atomic E-state index is 5.72. The number of hydrogen-bond acceptors (Lipinski definition) is 7. The number of thioether (sulfide) groups is 1. The SMILES string of the molecule is COc1cc2ncnc(N)c2cc1OC.Nc1cccc(SC2CCCC2)c1. The molecule has 28 heavy (non-hydrogen) atoms. The van der Waals surface area contributed by atoms with Crippen LogP contribution in [0.2, 0.25) is 0 Å². The van der Waals surface area contributed by atoms with Crippen LogP contribution in [0.4, 0.5) is 11.5 Å². The predicted molar refractivity (Wildman–Crippen MR) is 116 cm³/mol. The zero-order valence-corrected chi connectivity index (χ0v) is 17.0. The summed E-state index contributed by atoms with van der Waals surface area (Å²) in [4.78, 5) is 9.33. The van der Waals surface area contributed by atoms with Gasteiger partial charge in [0, 0.05) is 27.3 Å². The molecule has 7 heteroatoms. The zero-order valence-electron chi connectivity index (χ0n) is 16.2. The summed E-state index contributed by atoms with van der Waals surface area (Å²) in [5.41, 5.74) is 13.1. The molecule has 0 saturated heterocycles. The number of fused-ring (bicyclic) bond motifs is 1. The molecular formula is C21H26N4O2S. The fourth-order valence-corrected chi connectivity index (χ4v) is 4.50. The second kappa shape index (κ2) is 9.50. The van der Waals surface area contributed by atoms with E-state index in [1.807, 2.05) is 23.9 Å². The van der Waals surface area contributed by atoms with E-state index < -0.39 is 0 Å². The number of methoxy groups -OCH3 is 2. The van der Waals surface area contributed by atoms with Crippen molar-refractivity contribution in [2.45, 2.75) is 35.8 Å². The van der Waals surface area contributed by atoms with Gasteiger partial charge in [0.05, 0.1) is 19.7 Å². The Morgan fingerprint density at radius 2 is 1.68 bits per heavy atom. The Labute approximate surface area is 169 Å². The van der Waals surface area contributed by atoms with E-state index in [-0.39, 0.29) is 0 Å². The Morgan fingerprint density at radius 3 is 2.36 bits per heavy atom. The van der Waals surface area contributed by atoms with Crippen molar-refractivity contribution in [1.29, 1.82) is 0 Å². The first-order valence-electron chi connectivity index (χ1n) is 9.25. The monoisotopic (exact) mass is 398 g/mol. The van der Waals surface area contributed by atoms with E-state index in [0.717, 1.165) is 21.8 Å². The molecule has 1 aliphatic carbocycles. The molecule has 1 aliphatic rings. The van der Waals surface area contributed by atoms with Crippen molar-refractivity contribution in [1.82, 2.24) is 9.97 Å². The molecule has 6 nitrogen and oxygen atoms in total. The van der Waals surface area contributed by atoms with Crippen molar-refractivity contribution < 1.29 is 9.47 Å². The predicted octanol–water partition coefficient (Wildman–Crippen LogP) is 4.53. The van der Waals surface area contributed by atoms with Gasteiger partial charge in [-0.3, -0.25) is 0 Å². The minimum Gasteiger partial charge on any atom is -0.493 e. The summed E-state index contributed by atoms with van der Waals surface area (Å²) in [6, 6.07) is 11.7. The van der Waals surface area contributed by atoms with Crippen LogP contribution in [0.25, 0.3) is 10.9 Å². The van der Waals surface area contributed by atoms with Gasteiger partial charge >= 0.3 is 0 Å². The normalized spacial score (nSPS) is 13.8. The van der Waals surface area contributed by atoms with E-state index in [0.29, 0.717) is 17.3 Å². The van der Waals surface area contributed by atoms with Gasteiger partial charge < -0.3 is 20.9 Å². The van der Waals surface area contributed by atoms with E-state index in [1.54, 1.807) is 26.4 Å². The first kappa shape index (κ1) is 20.1. The molecule has 4 rings (SSSR count). The van der Waals surface area contributed by atoms with Gasteiger partial charge in [0.1, 0.15) is 12.1 Å². The number of rotatable bonds is 4. The van der Waals surface area contributed by atoms with E-state index in [2.05, 4.69) is 22.1 Å². The maximum Gasteiger partial charge on any atom is 0.162 e. The van der Waals surface area contributed by atoms with Crippen LogP contribution in [-0.4, -0.2) is 29.4 Å². The standard InChI is InChI=1S/C11H15NS.C10H11N3O2/c12-9-4-3-7-11(8-9)13-10-5-1-2-6-10;1-14-8-3-6-7(4-9(8)15-2)12-5-13-10(6)11/h3-4,7-8,10H,1-2,5-6,12H2;3-5H,1-2H3,(H2,11,12,13). The summed E-state index contributed by atoms with van der Waals surface area (Å²) in [6.45, 7) is 0. The highest BCUT2D eigenvalue weighted by molar-refractivity contribution is 8.00. The van der Waals surface area contributed by atoms with Gasteiger partial charge in [-0.1, -0.05) is 18.9 Å². The lowest BCUT2D eigenvalue weighted by Crippen LogP contribution is -1.96. The highest BCUT2D eigenvalue weighted by Gasteiger charge is 2.15. The van der Waals surface area contributed by atoms with E-state index >= 15 is 0 Å². The highest BCUT2D eigenvalue weighted by Crippen LogP contribution is 2.35. The van der Waals surface area contributed by atoms with Crippen LogP contribution < -0.4 is 20.9 Å². The number of benzene rings is 2. The lowest BCUT2D eigenvalue weighted by molar-refractivity contribution is 0.356. The molecule has 0 aliphatic heterocycles. The van der Waals surface area contributed by atoms with E-state index in [9.17, 15) is 0 Å². The second-order valence-corrected chi connectivity index (χ2v) is 7.95. The molecule has 148 valence electrons. The summed E-state index contributed by atoms with van der Waals surface area (Å²) in [6.07, 6.45) is 6.97. The van der Waals surface area contributed by atoms with Crippen LogP contribution in [0.15, 0.2) is 47.6 Å². The second-order valence-electron chi connectivity index (χ2n) is 6.58. The maximum atomic E-state index is 5.72. The average Bonchev–Trinajstić information content (AvgIpc) is 3.21. The summed E-state index contributed by atoms with van der Waals surface area (Å²) >= 11 is 1.99. The Morgan fingerprint density at radius 1 is 0.964 bits per heavy atom. The zero-order chi connectivity index (χ0) is 19.9. The van der Waals surface area contributed by atoms with E-state index in [1.165, 1.54) is 36.9 Å². The summed E-state index contributed by atoms with van der Waals surface area (Å²) < 4.78 is 10.3. The molecule has 0 radical (unpaired) electrons. The molecule has 0 atom stereocenters. The fraction of sp³-hybridized carbons (Fsp3) is 0.333. The van der Waals surface area contributed by atoms with Gasteiger partial charge in [-0.25, -0.2) is 9.97 Å². The molecule has 0 amide bonds. The highest BCUT2D eigenvalue weighted by atomic mass is 32.2. The van der Waals surface area contributed by atoms with Crippen molar-refractivity contribution in [2.75, 3.05) is 25.7 Å². The molecule has 1 saturated carbocycles. The van der Waals surface area contributed by atoms with Crippen LogP contribution in [-0.2, 0) is 0 Å². The van der Waals surface area contributed by atoms with Gasteiger partial charge in [0.15, 0.2) is 11.5 Å². The number of hydrogen-bond donors (Lipinski definition) is 2. The average molecular weight is 399 g/mol. The van der Waals surface area contributed by atoms with Crippen molar-refractivity contribution in [3.8, 4) is 11.5 Å². The van der Waals surface area contributed by atoms with Crippen molar-refractivity contribution in [3.05, 3.63) is 42.7 Å². The molecule has 0 spiro atoms. The third kappa shape index (κ3) is 4.98. The lowest BCUT2D eigenvalue weighted by Gasteiger charge is -2.08. The third-order valence-corrected chi connectivity index (χ3v) is 5.97. The minimum atomic E-state index is 0.431. The number of aromatic nitrogens is 2. The molecule has 1 fully saturated rings. The number of nitrogens with zero attached hydrogens (tertiary/aromatic N) is 2.